The molecule has 46 heavy (non-hydrogen) atoms. The topological polar surface area (TPSA) is 57.5 Å². The van der Waals surface area contributed by atoms with Gasteiger partial charge >= 0.3 is 0 Å². The van der Waals surface area contributed by atoms with Crippen LogP contribution < -0.4 is 0 Å². The quantitative estimate of drug-likeness (QED) is 0.221. The molecule has 1 saturated carbocycles. The molecule has 2 heterocycles. The van der Waals surface area contributed by atoms with Gasteiger partial charge in [-0.2, -0.15) is 0 Å². The lowest BCUT2D eigenvalue weighted by Gasteiger charge is -2.20. The average molecular weight is 637 g/mol. The van der Waals surface area contributed by atoms with Gasteiger partial charge in [0, 0.05) is 25.5 Å². The van der Waals surface area contributed by atoms with Crippen molar-refractivity contribution in [1.29, 1.82) is 0 Å². The first-order chi connectivity index (χ1) is 22.5. The number of carbonyl (C=O) groups is 1. The lowest BCUT2D eigenvalue weighted by atomic mass is 9.94. The predicted octanol–water partition coefficient (Wildman–Crippen LogP) is 9.03. The minimum absolute atomic E-state index is 0.367. The largest absolute Gasteiger partial charge is 0.391 e. The molecule has 2 N–H and O–H groups in total. The van der Waals surface area contributed by atoms with Gasteiger partial charge in [0.05, 0.1) is 12.0 Å². The Morgan fingerprint density at radius 2 is 0.804 bits per heavy atom. The highest BCUT2D eigenvalue weighted by molar-refractivity contribution is 8.17. The van der Waals surface area contributed by atoms with E-state index < -0.39 is 24.0 Å². The summed E-state index contributed by atoms with van der Waals surface area (Å²) in [6.45, 7) is 0. The standard InChI is InChI=1S/C41H32O3S2/c42-39-33(21-27-23-35(29-13-5-1-6-14-29)45-36(24-27)30-15-7-2-8-16-30)40(43)41(44)34(39)22-28-25-37(31-17-9-3-10-18-31)46-38(26-28)32-19-11-4-12-20-32/h1-26,33-34,39-40,42-43H. The lowest BCUT2D eigenvalue weighted by Crippen LogP contribution is -2.23. The molecule has 0 bridgehead atoms. The lowest BCUT2D eigenvalue weighted by molar-refractivity contribution is -0.127. The fraction of sp³-hybridized carbons (Fsp3) is 0.0976. The molecule has 0 amide bonds. The number of allylic oxidation sites excluding steroid dienone is 6. The molecule has 226 valence electrons. The summed E-state index contributed by atoms with van der Waals surface area (Å²) in [5, 5.41) is 22.8. The first-order valence-corrected chi connectivity index (χ1v) is 16.9. The number of thioether (sulfide) groups is 2. The number of rotatable bonds is 6. The Morgan fingerprint density at radius 3 is 1.15 bits per heavy atom. The highest BCUT2D eigenvalue weighted by atomic mass is 32.2. The molecule has 0 saturated heterocycles. The molecule has 4 aromatic carbocycles. The van der Waals surface area contributed by atoms with E-state index in [1.54, 1.807) is 23.5 Å². The second-order valence-corrected chi connectivity index (χ2v) is 13.6. The van der Waals surface area contributed by atoms with E-state index in [1.165, 1.54) is 0 Å². The number of hydrogen-bond donors (Lipinski definition) is 2. The Bertz CT molecular complexity index is 1810. The second-order valence-electron chi connectivity index (χ2n) is 11.5. The van der Waals surface area contributed by atoms with Gasteiger partial charge in [-0.3, -0.25) is 4.79 Å². The second kappa shape index (κ2) is 13.5. The van der Waals surface area contributed by atoms with Crippen LogP contribution in [0.1, 0.15) is 22.3 Å². The van der Waals surface area contributed by atoms with Crippen molar-refractivity contribution in [2.75, 3.05) is 0 Å². The van der Waals surface area contributed by atoms with E-state index in [0.29, 0.717) is 0 Å². The summed E-state index contributed by atoms with van der Waals surface area (Å²) >= 11 is 3.37. The van der Waals surface area contributed by atoms with E-state index in [-0.39, 0.29) is 5.78 Å². The van der Waals surface area contributed by atoms with E-state index in [4.69, 9.17) is 0 Å². The normalized spacial score (nSPS) is 22.9. The van der Waals surface area contributed by atoms with Crippen LogP contribution in [0.25, 0.3) is 19.6 Å². The van der Waals surface area contributed by atoms with Crippen LogP contribution in [0.4, 0.5) is 0 Å². The molecule has 3 nitrogen and oxygen atoms in total. The van der Waals surface area contributed by atoms with Crippen LogP contribution >= 0.6 is 23.5 Å². The van der Waals surface area contributed by atoms with Crippen LogP contribution in [0, 0.1) is 11.8 Å². The number of aliphatic hydroxyl groups excluding tert-OH is 2. The zero-order chi connectivity index (χ0) is 31.5. The number of aliphatic hydroxyl groups is 2. The molecular weight excluding hydrogens is 605 g/mol. The van der Waals surface area contributed by atoms with Crippen molar-refractivity contribution >= 4 is 48.9 Å². The van der Waals surface area contributed by atoms with Crippen LogP contribution in [0.2, 0.25) is 0 Å². The molecule has 1 aliphatic carbocycles. The molecule has 7 rings (SSSR count). The molecule has 5 heteroatoms. The van der Waals surface area contributed by atoms with Crippen molar-refractivity contribution in [3.63, 3.8) is 0 Å². The van der Waals surface area contributed by atoms with Gasteiger partial charge in [-0.15, -0.1) is 0 Å². The molecule has 1 fully saturated rings. The third kappa shape index (κ3) is 6.46. The summed E-state index contributed by atoms with van der Waals surface area (Å²) in [5.41, 5.74) is 6.02. The van der Waals surface area contributed by atoms with E-state index in [9.17, 15) is 15.0 Å². The summed E-state index contributed by atoms with van der Waals surface area (Å²) < 4.78 is 0. The molecule has 4 unspecified atom stereocenters. The molecular formula is C41H32O3S2. The fourth-order valence-corrected chi connectivity index (χ4v) is 8.27. The zero-order valence-electron chi connectivity index (χ0n) is 24.9. The molecule has 0 aromatic heterocycles. The van der Waals surface area contributed by atoms with Gasteiger partial charge in [-0.25, -0.2) is 0 Å². The summed E-state index contributed by atoms with van der Waals surface area (Å²) in [7, 11) is 0. The molecule has 0 spiro atoms. The van der Waals surface area contributed by atoms with E-state index in [0.717, 1.165) is 53.0 Å². The third-order valence-electron chi connectivity index (χ3n) is 8.37. The molecule has 4 atom stereocenters. The SMILES string of the molecule is O=C1C(O)C(C=C2C=C(c3ccccc3)SC(c3ccccc3)=C2)C(O)C1C=C1C=C(c2ccccc2)SC(c2ccccc2)=C1. The van der Waals surface area contributed by atoms with Gasteiger partial charge in [0.15, 0.2) is 5.78 Å². The molecule has 4 aromatic rings. The van der Waals surface area contributed by atoms with E-state index in [2.05, 4.69) is 72.8 Å². The summed E-state index contributed by atoms with van der Waals surface area (Å²) in [5.74, 6) is -1.96. The van der Waals surface area contributed by atoms with Crippen molar-refractivity contribution in [1.82, 2.24) is 0 Å². The van der Waals surface area contributed by atoms with Crippen molar-refractivity contribution < 1.29 is 15.0 Å². The minimum atomic E-state index is -1.31. The van der Waals surface area contributed by atoms with Crippen molar-refractivity contribution in [3.05, 3.63) is 191 Å². The number of benzene rings is 4. The fourth-order valence-electron chi connectivity index (χ4n) is 6.00. The Morgan fingerprint density at radius 1 is 0.478 bits per heavy atom. The van der Waals surface area contributed by atoms with Crippen molar-refractivity contribution in [2.24, 2.45) is 11.8 Å². The Balaban J connectivity index is 1.24. The van der Waals surface area contributed by atoms with E-state index >= 15 is 0 Å². The highest BCUT2D eigenvalue weighted by Crippen LogP contribution is 2.46. The Hall–Kier alpha value is -4.39. The maximum atomic E-state index is 13.6. The monoisotopic (exact) mass is 636 g/mol. The number of ketones is 1. The van der Waals surface area contributed by atoms with Crippen LogP contribution in [0.5, 0.6) is 0 Å². The van der Waals surface area contributed by atoms with Gasteiger partial charge in [0.25, 0.3) is 0 Å². The number of Topliss-reactive ketones (excluding diaryl/α,β-unsaturated/α-hetero) is 1. The Kier molecular flexibility index (Phi) is 8.91. The number of carbonyl (C=O) groups excluding carboxylic acids is 1. The highest BCUT2D eigenvalue weighted by Gasteiger charge is 2.47. The predicted molar refractivity (Wildman–Crippen MR) is 193 cm³/mol. The van der Waals surface area contributed by atoms with Gasteiger partial charge in [-0.05, 0) is 57.7 Å². The first kappa shape index (κ1) is 30.3. The van der Waals surface area contributed by atoms with E-state index in [1.807, 2.05) is 84.9 Å². The summed E-state index contributed by atoms with van der Waals surface area (Å²) in [6.07, 6.45) is 9.58. The average Bonchev–Trinajstić information content (AvgIpc) is 3.31. The molecule has 0 radical (unpaired) electrons. The maximum absolute atomic E-state index is 13.6. The summed E-state index contributed by atoms with van der Waals surface area (Å²) in [4.78, 5) is 17.8. The van der Waals surface area contributed by atoms with Crippen LogP contribution in [-0.2, 0) is 4.79 Å². The third-order valence-corrected chi connectivity index (χ3v) is 10.7. The van der Waals surface area contributed by atoms with Crippen LogP contribution in [0.3, 0.4) is 0 Å². The summed E-state index contributed by atoms with van der Waals surface area (Å²) in [6, 6.07) is 40.7. The van der Waals surface area contributed by atoms with Gasteiger partial charge in [0.1, 0.15) is 6.10 Å². The van der Waals surface area contributed by atoms with Gasteiger partial charge in [-0.1, -0.05) is 157 Å². The van der Waals surface area contributed by atoms with Crippen molar-refractivity contribution in [3.8, 4) is 0 Å². The Labute approximate surface area is 278 Å². The molecule has 3 aliphatic rings. The van der Waals surface area contributed by atoms with Crippen LogP contribution in [-0.4, -0.2) is 28.2 Å². The maximum Gasteiger partial charge on any atom is 0.171 e. The van der Waals surface area contributed by atoms with Crippen LogP contribution in [0.15, 0.2) is 169 Å². The van der Waals surface area contributed by atoms with Gasteiger partial charge in [0.2, 0.25) is 0 Å². The number of hydrogen-bond acceptors (Lipinski definition) is 5. The zero-order valence-corrected chi connectivity index (χ0v) is 26.6. The first-order valence-electron chi connectivity index (χ1n) is 15.3. The van der Waals surface area contributed by atoms with Crippen molar-refractivity contribution in [2.45, 2.75) is 12.2 Å². The smallest absolute Gasteiger partial charge is 0.171 e. The molecule has 2 aliphatic heterocycles. The van der Waals surface area contributed by atoms with Gasteiger partial charge < -0.3 is 10.2 Å². The minimum Gasteiger partial charge on any atom is -0.391 e.